The van der Waals surface area contributed by atoms with Gasteiger partial charge in [-0.25, -0.2) is 0 Å². The zero-order valence-corrected chi connectivity index (χ0v) is 17.8. The first-order valence-electron chi connectivity index (χ1n) is 10.7. The number of amides is 2. The molecule has 164 valence electrons. The van der Waals surface area contributed by atoms with Crippen LogP contribution in [0.25, 0.3) is 0 Å². The summed E-state index contributed by atoms with van der Waals surface area (Å²) >= 11 is 0. The molecule has 0 radical (unpaired) electrons. The Hall–Kier alpha value is -3.22. The topological polar surface area (TPSA) is 68.3 Å². The van der Waals surface area contributed by atoms with Gasteiger partial charge < -0.3 is 24.0 Å². The van der Waals surface area contributed by atoms with E-state index in [1.165, 1.54) is 0 Å². The number of aryl methyl sites for hydroxylation is 1. The summed E-state index contributed by atoms with van der Waals surface area (Å²) in [7, 11) is 1.64. The number of benzene rings is 2. The van der Waals surface area contributed by atoms with Gasteiger partial charge in [-0.15, -0.1) is 0 Å². The predicted molar refractivity (Wildman–Crippen MR) is 116 cm³/mol. The van der Waals surface area contributed by atoms with Gasteiger partial charge in [0.1, 0.15) is 19.0 Å². The van der Waals surface area contributed by atoms with Crippen molar-refractivity contribution in [3.05, 3.63) is 53.6 Å². The Kier molecular flexibility index (Phi) is 6.60. The Balaban J connectivity index is 1.33. The monoisotopic (exact) mass is 424 g/mol. The summed E-state index contributed by atoms with van der Waals surface area (Å²) in [6.07, 6.45) is 1.90. The first-order valence-corrected chi connectivity index (χ1v) is 10.7. The van der Waals surface area contributed by atoms with Gasteiger partial charge in [0, 0.05) is 32.6 Å². The minimum Gasteiger partial charge on any atom is -0.497 e. The fourth-order valence-corrected chi connectivity index (χ4v) is 3.98. The third kappa shape index (κ3) is 4.93. The van der Waals surface area contributed by atoms with Crippen molar-refractivity contribution in [2.45, 2.75) is 19.3 Å². The van der Waals surface area contributed by atoms with Crippen molar-refractivity contribution >= 4 is 11.8 Å². The summed E-state index contributed by atoms with van der Waals surface area (Å²) in [5, 5.41) is 0. The third-order valence-corrected chi connectivity index (χ3v) is 5.72. The molecule has 2 aliphatic heterocycles. The number of ether oxygens (including phenoxy) is 3. The standard InChI is InChI=1S/C24H28N2O5/c1-29-19-9-6-18(7-10-19)8-11-22(27)25-12-3-13-26(15-14-25)24(28)20-4-2-5-21-23(20)31-17-16-30-21/h2,4-7,9-10H,3,8,11-17H2,1H3. The van der Waals surface area contributed by atoms with Gasteiger partial charge in [-0.05, 0) is 42.7 Å². The SMILES string of the molecule is COc1ccc(CCC(=O)N2CCCN(C(=O)c3cccc4c3OCCO4)CC2)cc1. The van der Waals surface area contributed by atoms with E-state index in [0.717, 1.165) is 17.7 Å². The lowest BCUT2D eigenvalue weighted by molar-refractivity contribution is -0.131. The Morgan fingerprint density at radius 2 is 1.68 bits per heavy atom. The van der Waals surface area contributed by atoms with Crippen molar-refractivity contribution in [2.75, 3.05) is 46.5 Å². The summed E-state index contributed by atoms with van der Waals surface area (Å²) in [5.74, 6) is 2.00. The van der Waals surface area contributed by atoms with Crippen LogP contribution < -0.4 is 14.2 Å². The van der Waals surface area contributed by atoms with Crippen LogP contribution in [-0.4, -0.2) is 68.1 Å². The van der Waals surface area contributed by atoms with Crippen molar-refractivity contribution < 1.29 is 23.8 Å². The zero-order chi connectivity index (χ0) is 21.6. The second-order valence-electron chi connectivity index (χ2n) is 7.70. The van der Waals surface area contributed by atoms with Gasteiger partial charge in [0.15, 0.2) is 11.5 Å². The molecule has 31 heavy (non-hydrogen) atoms. The van der Waals surface area contributed by atoms with Gasteiger partial charge in [-0.2, -0.15) is 0 Å². The number of carbonyl (C=O) groups is 2. The number of hydrogen-bond acceptors (Lipinski definition) is 5. The van der Waals surface area contributed by atoms with Gasteiger partial charge >= 0.3 is 0 Å². The lowest BCUT2D eigenvalue weighted by atomic mass is 10.1. The summed E-state index contributed by atoms with van der Waals surface area (Å²) < 4.78 is 16.5. The molecule has 2 aromatic carbocycles. The molecule has 0 N–H and O–H groups in total. The molecule has 0 aromatic heterocycles. The minimum absolute atomic E-state index is 0.0742. The average Bonchev–Trinajstić information content (AvgIpc) is 3.08. The highest BCUT2D eigenvalue weighted by Crippen LogP contribution is 2.34. The number of methoxy groups -OCH3 is 1. The molecule has 4 rings (SSSR count). The van der Waals surface area contributed by atoms with Gasteiger partial charge in [0.05, 0.1) is 12.7 Å². The van der Waals surface area contributed by atoms with Gasteiger partial charge in [-0.1, -0.05) is 18.2 Å². The maximum absolute atomic E-state index is 13.1. The lowest BCUT2D eigenvalue weighted by Crippen LogP contribution is -2.37. The summed E-state index contributed by atoms with van der Waals surface area (Å²) in [6, 6.07) is 13.2. The van der Waals surface area contributed by atoms with E-state index in [-0.39, 0.29) is 11.8 Å². The minimum atomic E-state index is -0.0742. The quantitative estimate of drug-likeness (QED) is 0.738. The Labute approximate surface area is 182 Å². The van der Waals surface area contributed by atoms with Crippen molar-refractivity contribution in [3.8, 4) is 17.2 Å². The number of hydrogen-bond donors (Lipinski definition) is 0. The van der Waals surface area contributed by atoms with Crippen LogP contribution >= 0.6 is 0 Å². The maximum Gasteiger partial charge on any atom is 0.257 e. The zero-order valence-electron chi connectivity index (χ0n) is 17.8. The van der Waals surface area contributed by atoms with E-state index in [2.05, 4.69) is 0 Å². The molecule has 0 aliphatic carbocycles. The first kappa shape index (κ1) is 21.0. The molecule has 1 fully saturated rings. The fraction of sp³-hybridized carbons (Fsp3) is 0.417. The van der Waals surface area contributed by atoms with E-state index in [9.17, 15) is 9.59 Å². The number of carbonyl (C=O) groups excluding carboxylic acids is 2. The molecule has 7 nitrogen and oxygen atoms in total. The highest BCUT2D eigenvalue weighted by Gasteiger charge is 2.27. The number of fused-ring (bicyclic) bond motifs is 1. The molecular weight excluding hydrogens is 396 g/mol. The van der Waals surface area contributed by atoms with E-state index >= 15 is 0 Å². The molecule has 2 amide bonds. The van der Waals surface area contributed by atoms with Gasteiger partial charge in [-0.3, -0.25) is 9.59 Å². The molecule has 1 saturated heterocycles. The molecule has 0 bridgehead atoms. The van der Waals surface area contributed by atoms with Crippen molar-refractivity contribution in [1.29, 1.82) is 0 Å². The molecule has 0 unspecified atom stereocenters. The van der Waals surface area contributed by atoms with E-state index in [1.807, 2.05) is 46.2 Å². The second-order valence-corrected chi connectivity index (χ2v) is 7.70. The Bertz CT molecular complexity index is 928. The molecule has 0 atom stereocenters. The summed E-state index contributed by atoms with van der Waals surface area (Å²) in [4.78, 5) is 29.6. The molecular formula is C24H28N2O5. The highest BCUT2D eigenvalue weighted by atomic mass is 16.6. The van der Waals surface area contributed by atoms with E-state index in [4.69, 9.17) is 14.2 Å². The maximum atomic E-state index is 13.1. The molecule has 0 saturated carbocycles. The van der Waals surface area contributed by atoms with E-state index < -0.39 is 0 Å². The largest absolute Gasteiger partial charge is 0.497 e. The Morgan fingerprint density at radius 3 is 2.48 bits per heavy atom. The molecule has 0 spiro atoms. The van der Waals surface area contributed by atoms with Crippen LogP contribution in [0.15, 0.2) is 42.5 Å². The Morgan fingerprint density at radius 1 is 0.935 bits per heavy atom. The van der Waals surface area contributed by atoms with Gasteiger partial charge in [0.25, 0.3) is 5.91 Å². The number of nitrogens with zero attached hydrogens (tertiary/aromatic N) is 2. The van der Waals surface area contributed by atoms with Crippen LogP contribution in [0.2, 0.25) is 0 Å². The van der Waals surface area contributed by atoms with Crippen LogP contribution in [0.1, 0.15) is 28.8 Å². The predicted octanol–water partition coefficient (Wildman–Crippen LogP) is 2.77. The van der Waals surface area contributed by atoms with Crippen LogP contribution in [0.4, 0.5) is 0 Å². The molecule has 7 heteroatoms. The lowest BCUT2D eigenvalue weighted by Gasteiger charge is -2.25. The highest BCUT2D eigenvalue weighted by molar-refractivity contribution is 5.98. The van der Waals surface area contributed by atoms with Crippen LogP contribution in [-0.2, 0) is 11.2 Å². The summed E-state index contributed by atoms with van der Waals surface area (Å²) in [6.45, 7) is 3.26. The average molecular weight is 424 g/mol. The third-order valence-electron chi connectivity index (χ3n) is 5.72. The number of para-hydroxylation sites is 1. The van der Waals surface area contributed by atoms with E-state index in [0.29, 0.717) is 69.3 Å². The first-order chi connectivity index (χ1) is 15.2. The van der Waals surface area contributed by atoms with Crippen molar-refractivity contribution in [2.24, 2.45) is 0 Å². The molecule has 2 aliphatic rings. The fourth-order valence-electron chi connectivity index (χ4n) is 3.98. The normalized spacial score (nSPS) is 15.9. The molecule has 2 aromatic rings. The second kappa shape index (κ2) is 9.73. The van der Waals surface area contributed by atoms with Gasteiger partial charge in [0.2, 0.25) is 5.91 Å². The van der Waals surface area contributed by atoms with E-state index in [1.54, 1.807) is 13.2 Å². The summed E-state index contributed by atoms with van der Waals surface area (Å²) in [5.41, 5.74) is 1.63. The van der Waals surface area contributed by atoms with Crippen molar-refractivity contribution in [3.63, 3.8) is 0 Å². The van der Waals surface area contributed by atoms with Crippen LogP contribution in [0, 0.1) is 0 Å². The van der Waals surface area contributed by atoms with Crippen LogP contribution in [0.5, 0.6) is 17.2 Å². The molecule has 2 heterocycles. The number of rotatable bonds is 5. The van der Waals surface area contributed by atoms with Crippen LogP contribution in [0.3, 0.4) is 0 Å². The smallest absolute Gasteiger partial charge is 0.257 e. The van der Waals surface area contributed by atoms with Crippen molar-refractivity contribution in [1.82, 2.24) is 9.80 Å².